The zero-order valence-corrected chi connectivity index (χ0v) is 17.1. The molecule has 28 heavy (non-hydrogen) atoms. The third kappa shape index (κ3) is 3.97. The van der Waals surface area contributed by atoms with Gasteiger partial charge in [-0.2, -0.15) is 5.10 Å². The molecule has 0 spiro atoms. The second-order valence-electron chi connectivity index (χ2n) is 5.81. The molecule has 0 saturated heterocycles. The molecule has 140 valence electrons. The average Bonchev–Trinajstić information content (AvgIpc) is 3.16. The number of rotatable bonds is 5. The summed E-state index contributed by atoms with van der Waals surface area (Å²) >= 11 is 4.75. The van der Waals surface area contributed by atoms with Gasteiger partial charge in [-0.15, -0.1) is 0 Å². The summed E-state index contributed by atoms with van der Waals surface area (Å²) in [7, 11) is 1.62. The molecule has 0 unspecified atom stereocenters. The second kappa shape index (κ2) is 7.95. The van der Waals surface area contributed by atoms with E-state index in [1.54, 1.807) is 25.6 Å². The molecule has 0 fully saturated rings. The molecular formula is C20H14BrN3O3S. The molecule has 2 aromatic heterocycles. The second-order valence-corrected chi connectivity index (χ2v) is 7.75. The van der Waals surface area contributed by atoms with E-state index in [0.717, 1.165) is 21.2 Å². The fourth-order valence-corrected chi connectivity index (χ4v) is 3.75. The van der Waals surface area contributed by atoms with E-state index in [1.165, 1.54) is 11.3 Å². The van der Waals surface area contributed by atoms with E-state index >= 15 is 0 Å². The van der Waals surface area contributed by atoms with E-state index in [2.05, 4.69) is 31.4 Å². The van der Waals surface area contributed by atoms with Gasteiger partial charge in [-0.05, 0) is 42.0 Å². The van der Waals surface area contributed by atoms with Crippen LogP contribution in [-0.4, -0.2) is 18.3 Å². The lowest BCUT2D eigenvalue weighted by Crippen LogP contribution is -2.01. The van der Waals surface area contributed by atoms with Gasteiger partial charge in [0.2, 0.25) is 5.13 Å². The number of nitrogens with one attached hydrogen (secondary N) is 1. The lowest BCUT2D eigenvalue weighted by molar-refractivity contribution is 0.415. The maximum absolute atomic E-state index is 12.3. The predicted molar refractivity (Wildman–Crippen MR) is 116 cm³/mol. The van der Waals surface area contributed by atoms with Crippen molar-refractivity contribution in [1.29, 1.82) is 0 Å². The van der Waals surface area contributed by atoms with Crippen LogP contribution in [0.3, 0.4) is 0 Å². The van der Waals surface area contributed by atoms with Crippen LogP contribution in [0.15, 0.2) is 73.5 Å². The average molecular weight is 456 g/mol. The number of aromatic nitrogens is 1. The number of hydrogen-bond donors (Lipinski definition) is 1. The Balaban J connectivity index is 1.56. The summed E-state index contributed by atoms with van der Waals surface area (Å²) in [5, 5.41) is 5.60. The van der Waals surface area contributed by atoms with E-state index in [1.807, 2.05) is 42.5 Å². The Morgan fingerprint density at radius 2 is 2.14 bits per heavy atom. The normalized spacial score (nSPS) is 11.2. The molecule has 1 N–H and O–H groups in total. The van der Waals surface area contributed by atoms with Gasteiger partial charge in [-0.25, -0.2) is 9.78 Å². The summed E-state index contributed by atoms with van der Waals surface area (Å²) in [6.07, 6.45) is 3.30. The van der Waals surface area contributed by atoms with Crippen LogP contribution in [0.1, 0.15) is 5.56 Å². The maximum atomic E-state index is 12.3. The zero-order chi connectivity index (χ0) is 19.5. The van der Waals surface area contributed by atoms with Crippen LogP contribution in [-0.2, 0) is 0 Å². The summed E-state index contributed by atoms with van der Waals surface area (Å²) < 4.78 is 11.5. The van der Waals surface area contributed by atoms with Crippen molar-refractivity contribution in [2.45, 2.75) is 0 Å². The molecule has 0 aliphatic rings. The fourth-order valence-electron chi connectivity index (χ4n) is 2.60. The summed E-state index contributed by atoms with van der Waals surface area (Å²) in [6.45, 7) is 0. The third-order valence-corrected chi connectivity index (χ3v) is 5.36. The predicted octanol–water partition coefficient (Wildman–Crippen LogP) is 5.13. The highest BCUT2D eigenvalue weighted by molar-refractivity contribution is 9.10. The zero-order valence-electron chi connectivity index (χ0n) is 14.7. The van der Waals surface area contributed by atoms with Crippen molar-refractivity contribution >= 4 is 49.6 Å². The molecule has 0 radical (unpaired) electrons. The first-order valence-electron chi connectivity index (χ1n) is 8.25. The van der Waals surface area contributed by atoms with Crippen LogP contribution >= 0.6 is 27.3 Å². The van der Waals surface area contributed by atoms with Crippen molar-refractivity contribution in [2.24, 2.45) is 5.10 Å². The number of hydrazone groups is 1. The van der Waals surface area contributed by atoms with Gasteiger partial charge in [0.05, 0.1) is 23.8 Å². The molecule has 0 atom stereocenters. The lowest BCUT2D eigenvalue weighted by atomic mass is 10.2. The minimum Gasteiger partial charge on any atom is -0.497 e. The smallest absolute Gasteiger partial charge is 0.345 e. The van der Waals surface area contributed by atoms with Crippen molar-refractivity contribution in [2.75, 3.05) is 12.5 Å². The fraction of sp³-hybridized carbons (Fsp3) is 0.0500. The van der Waals surface area contributed by atoms with Crippen molar-refractivity contribution in [3.63, 3.8) is 0 Å². The first-order chi connectivity index (χ1) is 13.6. The van der Waals surface area contributed by atoms with E-state index in [9.17, 15) is 4.79 Å². The number of hydrogen-bond acceptors (Lipinski definition) is 7. The third-order valence-electron chi connectivity index (χ3n) is 3.93. The number of halogens is 1. The summed E-state index contributed by atoms with van der Waals surface area (Å²) in [5.74, 6) is 0.759. The van der Waals surface area contributed by atoms with Crippen LogP contribution in [0.25, 0.3) is 21.4 Å². The number of anilines is 1. The molecule has 4 rings (SSSR count). The molecule has 8 heteroatoms. The summed E-state index contributed by atoms with van der Waals surface area (Å²) in [5.41, 5.74) is 4.39. The van der Waals surface area contributed by atoms with Crippen molar-refractivity contribution in [3.8, 4) is 16.2 Å². The van der Waals surface area contributed by atoms with Gasteiger partial charge in [-0.1, -0.05) is 39.4 Å². The van der Waals surface area contributed by atoms with Gasteiger partial charge < -0.3 is 9.15 Å². The van der Waals surface area contributed by atoms with Gasteiger partial charge in [0.25, 0.3) is 0 Å². The first kappa shape index (κ1) is 18.4. The Morgan fingerprint density at radius 1 is 1.25 bits per heavy atom. The number of benzene rings is 2. The largest absolute Gasteiger partial charge is 0.497 e. The minimum atomic E-state index is -0.398. The van der Waals surface area contributed by atoms with E-state index in [-0.39, 0.29) is 0 Å². The highest BCUT2D eigenvalue weighted by Crippen LogP contribution is 2.29. The van der Waals surface area contributed by atoms with Crippen LogP contribution in [0, 0.1) is 0 Å². The maximum Gasteiger partial charge on any atom is 0.345 e. The highest BCUT2D eigenvalue weighted by atomic mass is 79.9. The van der Waals surface area contributed by atoms with Gasteiger partial charge in [0.15, 0.2) is 0 Å². The van der Waals surface area contributed by atoms with Crippen LogP contribution < -0.4 is 15.8 Å². The Hall–Kier alpha value is -2.97. The molecule has 2 aromatic carbocycles. The molecule has 0 aliphatic heterocycles. The molecule has 2 heterocycles. The van der Waals surface area contributed by atoms with Crippen molar-refractivity contribution in [3.05, 3.63) is 75.2 Å². The molecule has 0 amide bonds. The van der Waals surface area contributed by atoms with Gasteiger partial charge >= 0.3 is 5.63 Å². The topological polar surface area (TPSA) is 76.7 Å². The van der Waals surface area contributed by atoms with Crippen LogP contribution in [0.5, 0.6) is 5.75 Å². The molecule has 0 aliphatic carbocycles. The summed E-state index contributed by atoms with van der Waals surface area (Å²) in [4.78, 5) is 17.3. The lowest BCUT2D eigenvalue weighted by Gasteiger charge is -2.00. The van der Waals surface area contributed by atoms with E-state index in [0.29, 0.717) is 21.2 Å². The van der Waals surface area contributed by atoms with E-state index < -0.39 is 5.63 Å². The Bertz CT molecular complexity index is 1230. The SMILES string of the molecule is COc1cccc(C=NNc2ncc(-c3cc4cc(Br)ccc4oc3=O)s2)c1. The summed E-state index contributed by atoms with van der Waals surface area (Å²) in [6, 6.07) is 14.8. The quantitative estimate of drug-likeness (QED) is 0.256. The number of ether oxygens (including phenoxy) is 1. The molecule has 0 saturated carbocycles. The first-order valence-corrected chi connectivity index (χ1v) is 9.86. The minimum absolute atomic E-state index is 0.398. The Morgan fingerprint density at radius 3 is 3.00 bits per heavy atom. The Labute approximate surface area is 172 Å². The number of methoxy groups -OCH3 is 1. The molecule has 4 aromatic rings. The molecule has 6 nitrogen and oxygen atoms in total. The number of fused-ring (bicyclic) bond motifs is 1. The number of thiazole rings is 1. The number of nitrogens with zero attached hydrogens (tertiary/aromatic N) is 2. The van der Waals surface area contributed by atoms with Gasteiger partial charge in [0, 0.05) is 16.1 Å². The van der Waals surface area contributed by atoms with E-state index in [4.69, 9.17) is 9.15 Å². The van der Waals surface area contributed by atoms with Crippen molar-refractivity contribution < 1.29 is 9.15 Å². The monoisotopic (exact) mass is 455 g/mol. The molecular weight excluding hydrogens is 442 g/mol. The molecule has 0 bridgehead atoms. The Kier molecular flexibility index (Phi) is 5.23. The van der Waals surface area contributed by atoms with Crippen LogP contribution in [0.2, 0.25) is 0 Å². The van der Waals surface area contributed by atoms with Crippen molar-refractivity contribution in [1.82, 2.24) is 4.98 Å². The van der Waals surface area contributed by atoms with Gasteiger partial charge in [0.1, 0.15) is 11.3 Å². The van der Waals surface area contributed by atoms with Crippen LogP contribution in [0.4, 0.5) is 5.13 Å². The standard InChI is InChI=1S/C20H14BrN3O3S/c1-26-15-4-2-3-12(7-15)10-23-24-20-22-11-18(28-20)16-9-13-8-14(21)5-6-17(13)27-19(16)25/h2-11H,1H3,(H,22,24). The van der Waals surface area contributed by atoms with Gasteiger partial charge in [-0.3, -0.25) is 5.43 Å². The highest BCUT2D eigenvalue weighted by Gasteiger charge is 2.11.